The van der Waals surface area contributed by atoms with Gasteiger partial charge in [-0.1, -0.05) is 66.9 Å². The number of H-pyrrole nitrogens is 1. The van der Waals surface area contributed by atoms with Crippen molar-refractivity contribution in [2.45, 2.75) is 16.7 Å². The van der Waals surface area contributed by atoms with Gasteiger partial charge < -0.3 is 4.74 Å². The summed E-state index contributed by atoms with van der Waals surface area (Å²) in [6.45, 7) is 3.84. The maximum absolute atomic E-state index is 12.2. The Kier molecular flexibility index (Phi) is 5.20. The summed E-state index contributed by atoms with van der Waals surface area (Å²) < 4.78 is 7.01. The van der Waals surface area contributed by atoms with E-state index in [2.05, 4.69) is 11.6 Å². The van der Waals surface area contributed by atoms with Gasteiger partial charge in [-0.25, -0.2) is 4.79 Å². The highest BCUT2D eigenvalue weighted by Crippen LogP contribution is 2.25. The van der Waals surface area contributed by atoms with E-state index < -0.39 is 11.2 Å². The number of rotatable bonds is 6. The van der Waals surface area contributed by atoms with E-state index >= 15 is 0 Å². The van der Waals surface area contributed by atoms with E-state index in [-0.39, 0.29) is 6.73 Å². The predicted octanol–water partition coefficient (Wildman–Crippen LogP) is 3.33. The molecule has 0 saturated carbocycles. The van der Waals surface area contributed by atoms with Crippen LogP contribution in [0.5, 0.6) is 0 Å². The minimum atomic E-state index is -0.521. The number of benzene rings is 2. The SMILES string of the molecule is C=C(OCn1c(Sc2ccccc2)cc(=O)[nH]c1=O)c1ccccc1. The van der Waals surface area contributed by atoms with Crippen molar-refractivity contribution in [1.82, 2.24) is 9.55 Å². The van der Waals surface area contributed by atoms with E-state index in [1.807, 2.05) is 60.7 Å². The van der Waals surface area contributed by atoms with Gasteiger partial charge >= 0.3 is 5.69 Å². The Bertz CT molecular complexity index is 979. The van der Waals surface area contributed by atoms with Gasteiger partial charge in [-0.05, 0) is 12.1 Å². The van der Waals surface area contributed by atoms with Crippen LogP contribution in [0.1, 0.15) is 5.56 Å². The summed E-state index contributed by atoms with van der Waals surface area (Å²) in [6.07, 6.45) is 0. The van der Waals surface area contributed by atoms with Crippen LogP contribution < -0.4 is 11.2 Å². The van der Waals surface area contributed by atoms with Crippen LogP contribution in [0, 0.1) is 0 Å². The Morgan fingerprint density at radius 2 is 1.68 bits per heavy atom. The van der Waals surface area contributed by atoms with Gasteiger partial charge in [0.1, 0.15) is 5.76 Å². The van der Waals surface area contributed by atoms with E-state index in [0.29, 0.717) is 10.8 Å². The van der Waals surface area contributed by atoms with Gasteiger partial charge in [0.25, 0.3) is 5.56 Å². The quantitative estimate of drug-likeness (QED) is 0.546. The molecular weight excluding hydrogens is 336 g/mol. The van der Waals surface area contributed by atoms with E-state index in [4.69, 9.17) is 4.74 Å². The van der Waals surface area contributed by atoms with Crippen LogP contribution in [0.4, 0.5) is 0 Å². The second-order valence-electron chi connectivity index (χ2n) is 5.18. The highest BCUT2D eigenvalue weighted by Gasteiger charge is 2.09. The largest absolute Gasteiger partial charge is 0.473 e. The normalized spacial score (nSPS) is 10.4. The molecule has 0 amide bonds. The molecule has 5 nitrogen and oxygen atoms in total. The average molecular weight is 352 g/mol. The van der Waals surface area contributed by atoms with Crippen LogP contribution in [0.3, 0.4) is 0 Å². The fourth-order valence-electron chi connectivity index (χ4n) is 2.17. The first-order valence-corrected chi connectivity index (χ1v) is 8.39. The molecule has 3 aromatic rings. The molecule has 25 heavy (non-hydrogen) atoms. The number of hydrogen-bond donors (Lipinski definition) is 1. The smallest absolute Gasteiger partial charge is 0.331 e. The lowest BCUT2D eigenvalue weighted by Crippen LogP contribution is -2.31. The number of aromatic amines is 1. The zero-order chi connectivity index (χ0) is 17.6. The monoisotopic (exact) mass is 352 g/mol. The molecule has 2 aromatic carbocycles. The summed E-state index contributed by atoms with van der Waals surface area (Å²) in [6, 6.07) is 20.3. The summed E-state index contributed by atoms with van der Waals surface area (Å²) in [4.78, 5) is 27.0. The zero-order valence-electron chi connectivity index (χ0n) is 13.3. The van der Waals surface area contributed by atoms with Crippen molar-refractivity contribution in [2.24, 2.45) is 0 Å². The van der Waals surface area contributed by atoms with E-state index in [1.54, 1.807) is 0 Å². The Morgan fingerprint density at radius 3 is 2.36 bits per heavy atom. The molecule has 1 heterocycles. The molecule has 0 saturated heterocycles. The van der Waals surface area contributed by atoms with E-state index in [9.17, 15) is 9.59 Å². The Hall–Kier alpha value is -2.99. The first-order valence-electron chi connectivity index (χ1n) is 7.58. The number of hydrogen-bond acceptors (Lipinski definition) is 4. The third-order valence-electron chi connectivity index (χ3n) is 3.43. The van der Waals surface area contributed by atoms with Gasteiger partial charge in [0.2, 0.25) is 0 Å². The van der Waals surface area contributed by atoms with Gasteiger partial charge in [-0.15, -0.1) is 0 Å². The molecule has 0 bridgehead atoms. The van der Waals surface area contributed by atoms with E-state index in [1.165, 1.54) is 22.4 Å². The van der Waals surface area contributed by atoms with Crippen LogP contribution >= 0.6 is 11.8 Å². The summed E-state index contributed by atoms with van der Waals surface area (Å²) >= 11 is 1.32. The molecule has 3 rings (SSSR count). The van der Waals surface area contributed by atoms with Crippen molar-refractivity contribution < 1.29 is 4.74 Å². The van der Waals surface area contributed by atoms with Crippen molar-refractivity contribution in [3.05, 3.63) is 99.7 Å². The Balaban J connectivity index is 1.84. The summed E-state index contributed by atoms with van der Waals surface area (Å²) in [5.41, 5.74) is -0.134. The lowest BCUT2D eigenvalue weighted by atomic mass is 10.2. The summed E-state index contributed by atoms with van der Waals surface area (Å²) in [7, 11) is 0. The molecular formula is C19H16N2O3S. The van der Waals surface area contributed by atoms with Crippen LogP contribution in [0.25, 0.3) is 5.76 Å². The fraction of sp³-hybridized carbons (Fsp3) is 0.0526. The Labute approximate surface area is 148 Å². The van der Waals surface area contributed by atoms with Crippen molar-refractivity contribution in [1.29, 1.82) is 0 Å². The third kappa shape index (κ3) is 4.30. The van der Waals surface area contributed by atoms with Crippen LogP contribution in [-0.2, 0) is 11.5 Å². The topological polar surface area (TPSA) is 64.1 Å². The minimum absolute atomic E-state index is 0.0431. The molecule has 126 valence electrons. The molecule has 0 aliphatic rings. The lowest BCUT2D eigenvalue weighted by Gasteiger charge is -2.14. The molecule has 0 spiro atoms. The van der Waals surface area contributed by atoms with Crippen LogP contribution in [0.15, 0.2) is 92.8 Å². The maximum Gasteiger partial charge on any atom is 0.331 e. The molecule has 0 radical (unpaired) electrons. The first kappa shape index (κ1) is 16.9. The second-order valence-corrected chi connectivity index (χ2v) is 6.28. The number of nitrogens with zero attached hydrogens (tertiary/aromatic N) is 1. The van der Waals surface area contributed by atoms with Gasteiger partial charge in [-0.3, -0.25) is 14.3 Å². The molecule has 1 aromatic heterocycles. The molecule has 0 unspecified atom stereocenters. The third-order valence-corrected chi connectivity index (χ3v) is 4.48. The predicted molar refractivity (Wildman–Crippen MR) is 98.4 cm³/mol. The molecule has 0 aliphatic carbocycles. The molecule has 0 fully saturated rings. The highest BCUT2D eigenvalue weighted by atomic mass is 32.2. The second kappa shape index (κ2) is 7.72. The minimum Gasteiger partial charge on any atom is -0.473 e. The summed E-state index contributed by atoms with van der Waals surface area (Å²) in [5, 5.41) is 0.501. The van der Waals surface area contributed by atoms with Crippen molar-refractivity contribution in [3.63, 3.8) is 0 Å². The maximum atomic E-state index is 12.2. The Morgan fingerprint density at radius 1 is 1.04 bits per heavy atom. The number of ether oxygens (including phenoxy) is 1. The van der Waals surface area contributed by atoms with Crippen molar-refractivity contribution in [2.75, 3.05) is 0 Å². The molecule has 1 N–H and O–H groups in total. The van der Waals surface area contributed by atoms with Crippen molar-refractivity contribution >= 4 is 17.5 Å². The van der Waals surface area contributed by atoms with Gasteiger partial charge in [0, 0.05) is 16.5 Å². The molecule has 0 atom stereocenters. The molecule has 6 heteroatoms. The fourth-order valence-corrected chi connectivity index (χ4v) is 3.11. The molecule has 0 aliphatic heterocycles. The number of nitrogens with one attached hydrogen (secondary N) is 1. The highest BCUT2D eigenvalue weighted by molar-refractivity contribution is 7.99. The summed E-state index contributed by atoms with van der Waals surface area (Å²) in [5.74, 6) is 0.453. The van der Waals surface area contributed by atoms with Gasteiger partial charge in [-0.2, -0.15) is 0 Å². The van der Waals surface area contributed by atoms with Crippen molar-refractivity contribution in [3.8, 4) is 0 Å². The van der Waals surface area contributed by atoms with Gasteiger partial charge in [0.05, 0.1) is 5.03 Å². The number of aromatic nitrogens is 2. The van der Waals surface area contributed by atoms with Gasteiger partial charge in [0.15, 0.2) is 6.73 Å². The van der Waals surface area contributed by atoms with Crippen LogP contribution in [-0.4, -0.2) is 9.55 Å². The standard InChI is InChI=1S/C19H16N2O3S/c1-14(15-8-4-2-5-9-15)24-13-21-18(12-17(22)20-19(21)23)25-16-10-6-3-7-11-16/h2-12H,1,13H2,(H,20,22,23). The first-order chi connectivity index (χ1) is 12.1. The average Bonchev–Trinajstić information content (AvgIpc) is 2.62. The lowest BCUT2D eigenvalue weighted by molar-refractivity contribution is 0.184. The zero-order valence-corrected chi connectivity index (χ0v) is 14.2. The van der Waals surface area contributed by atoms with Crippen LogP contribution in [0.2, 0.25) is 0 Å². The van der Waals surface area contributed by atoms with E-state index in [0.717, 1.165) is 10.5 Å².